The number of Topliss-reactive ketones (excluding diaryl/α,β-unsaturated/α-hetero) is 1. The van der Waals surface area contributed by atoms with E-state index in [0.717, 1.165) is 22.3 Å². The van der Waals surface area contributed by atoms with Crippen molar-refractivity contribution < 1.29 is 23.9 Å². The maximum atomic E-state index is 14.0. The normalized spacial score (nSPS) is 29.8. The zero-order chi connectivity index (χ0) is 21.7. The Morgan fingerprint density at radius 3 is 1.33 bits per heavy atom. The second-order valence-corrected chi connectivity index (χ2v) is 8.22. The van der Waals surface area contributed by atoms with Crippen molar-refractivity contribution >= 4 is 28.9 Å². The Morgan fingerprint density at radius 2 is 1.03 bits per heavy atom. The van der Waals surface area contributed by atoms with E-state index in [-0.39, 0.29) is 5.78 Å². The predicted molar refractivity (Wildman–Crippen MR) is 112 cm³/mol. The highest BCUT2D eigenvalue weighted by atomic mass is 16.5. The van der Waals surface area contributed by atoms with Gasteiger partial charge in [-0.15, -0.1) is 0 Å². The molecule has 0 N–H and O–H groups in total. The number of ether oxygens (including phenoxy) is 2. The molecule has 2 aromatic carbocycles. The van der Waals surface area contributed by atoms with E-state index in [0.29, 0.717) is 0 Å². The fourth-order valence-electron chi connectivity index (χ4n) is 5.64. The lowest BCUT2D eigenvalue weighted by Gasteiger charge is -2.39. The van der Waals surface area contributed by atoms with Crippen molar-refractivity contribution in [2.24, 2.45) is 22.7 Å². The molecule has 5 heteroatoms. The summed E-state index contributed by atoms with van der Waals surface area (Å²) in [7, 11) is 2.56. The van der Waals surface area contributed by atoms with Crippen LogP contribution in [0.4, 0.5) is 0 Å². The third-order valence-corrected chi connectivity index (χ3v) is 6.84. The summed E-state index contributed by atoms with van der Waals surface area (Å²) in [5.41, 5.74) is 0.830. The molecule has 0 aliphatic heterocycles. The minimum Gasteiger partial charge on any atom is -0.469 e. The quantitative estimate of drug-likeness (QED) is 0.726. The number of carbonyl (C=O) groups is 3. The minimum absolute atomic E-state index is 0.154. The van der Waals surface area contributed by atoms with E-state index in [1.807, 2.05) is 60.7 Å². The summed E-state index contributed by atoms with van der Waals surface area (Å²) in [5.74, 6) is -3.24. The average molecular weight is 404 g/mol. The SMILES string of the molecule is COC(=O)C1C(C(=O)OC)C2(C)C(=O)C1(C)C(c1ccccc1)=C2c1ccccc1. The van der Waals surface area contributed by atoms with Gasteiger partial charge in [0.05, 0.1) is 36.9 Å². The maximum Gasteiger partial charge on any atom is 0.310 e. The van der Waals surface area contributed by atoms with Crippen LogP contribution in [0.3, 0.4) is 0 Å². The highest BCUT2D eigenvalue weighted by Gasteiger charge is 2.76. The fraction of sp³-hybridized carbons (Fsp3) is 0.320. The second kappa shape index (κ2) is 6.94. The molecular formula is C25H24O5. The molecule has 0 amide bonds. The molecule has 4 rings (SSSR count). The van der Waals surface area contributed by atoms with Crippen molar-refractivity contribution in [2.75, 3.05) is 14.2 Å². The Labute approximate surface area is 175 Å². The molecule has 30 heavy (non-hydrogen) atoms. The highest BCUT2D eigenvalue weighted by molar-refractivity contribution is 6.26. The van der Waals surface area contributed by atoms with Crippen LogP contribution < -0.4 is 0 Å². The van der Waals surface area contributed by atoms with E-state index in [9.17, 15) is 14.4 Å². The first-order valence-corrected chi connectivity index (χ1v) is 9.90. The van der Waals surface area contributed by atoms with Crippen LogP contribution in [0.25, 0.3) is 11.1 Å². The van der Waals surface area contributed by atoms with Gasteiger partial charge in [0.15, 0.2) is 5.78 Å². The molecule has 2 aliphatic rings. The Bertz CT molecular complexity index is 972. The molecule has 2 aliphatic carbocycles. The first kappa shape index (κ1) is 20.1. The van der Waals surface area contributed by atoms with E-state index in [4.69, 9.17) is 9.47 Å². The van der Waals surface area contributed by atoms with Crippen molar-refractivity contribution in [3.05, 3.63) is 71.8 Å². The molecule has 0 radical (unpaired) electrons. The lowest BCUT2D eigenvalue weighted by atomic mass is 9.62. The van der Waals surface area contributed by atoms with E-state index < -0.39 is 34.6 Å². The molecule has 0 aromatic heterocycles. The maximum absolute atomic E-state index is 14.0. The Morgan fingerprint density at radius 1 is 0.700 bits per heavy atom. The Balaban J connectivity index is 2.12. The standard InChI is InChI=1S/C25H24O5/c1-24-17(15-11-7-5-8-12-15)18(16-13-9-6-10-14-16)25(2,23(24)28)20(22(27)30-4)19(24)21(26)29-3/h5-14,19-20H,1-4H3. The second-order valence-electron chi connectivity index (χ2n) is 8.22. The Hall–Kier alpha value is -3.21. The molecule has 2 bridgehead atoms. The third kappa shape index (κ3) is 2.38. The number of ketones is 1. The van der Waals surface area contributed by atoms with Crippen molar-refractivity contribution in [3.8, 4) is 0 Å². The van der Waals surface area contributed by atoms with Gasteiger partial charge in [-0.25, -0.2) is 0 Å². The van der Waals surface area contributed by atoms with Crippen molar-refractivity contribution in [1.82, 2.24) is 0 Å². The molecule has 4 unspecified atom stereocenters. The lowest BCUT2D eigenvalue weighted by Crippen LogP contribution is -2.43. The van der Waals surface area contributed by atoms with Gasteiger partial charge >= 0.3 is 11.9 Å². The molecule has 2 aromatic rings. The van der Waals surface area contributed by atoms with Gasteiger partial charge in [-0.1, -0.05) is 60.7 Å². The van der Waals surface area contributed by atoms with Gasteiger partial charge < -0.3 is 9.47 Å². The number of methoxy groups -OCH3 is 2. The number of hydrogen-bond acceptors (Lipinski definition) is 5. The van der Waals surface area contributed by atoms with Gasteiger partial charge in [0.2, 0.25) is 0 Å². The molecule has 0 saturated heterocycles. The number of hydrogen-bond donors (Lipinski definition) is 0. The van der Waals surface area contributed by atoms with Gasteiger partial charge in [0.25, 0.3) is 0 Å². The largest absolute Gasteiger partial charge is 0.469 e. The van der Waals surface area contributed by atoms with Crippen LogP contribution in [0.5, 0.6) is 0 Å². The minimum atomic E-state index is -1.22. The van der Waals surface area contributed by atoms with E-state index in [1.165, 1.54) is 14.2 Å². The molecule has 4 atom stereocenters. The molecule has 1 fully saturated rings. The average Bonchev–Trinajstić information content (AvgIpc) is 3.07. The van der Waals surface area contributed by atoms with Crippen LogP contribution in [-0.2, 0) is 23.9 Å². The number of fused-ring (bicyclic) bond motifs is 2. The number of allylic oxidation sites excluding steroid dienone is 2. The molecule has 5 nitrogen and oxygen atoms in total. The van der Waals surface area contributed by atoms with Crippen LogP contribution in [0, 0.1) is 22.7 Å². The molecule has 154 valence electrons. The smallest absolute Gasteiger partial charge is 0.310 e. The monoisotopic (exact) mass is 404 g/mol. The number of rotatable bonds is 4. The first-order chi connectivity index (χ1) is 14.3. The summed E-state index contributed by atoms with van der Waals surface area (Å²) in [6.45, 7) is 3.52. The van der Waals surface area contributed by atoms with Gasteiger partial charge in [-0.3, -0.25) is 14.4 Å². The molecule has 0 heterocycles. The van der Waals surface area contributed by atoms with Crippen molar-refractivity contribution in [3.63, 3.8) is 0 Å². The summed E-state index contributed by atoms with van der Waals surface area (Å²) in [6, 6.07) is 19.1. The van der Waals surface area contributed by atoms with E-state index >= 15 is 0 Å². The Kier molecular flexibility index (Phi) is 4.64. The zero-order valence-electron chi connectivity index (χ0n) is 17.5. The van der Waals surface area contributed by atoms with Crippen LogP contribution in [0.2, 0.25) is 0 Å². The first-order valence-electron chi connectivity index (χ1n) is 9.90. The van der Waals surface area contributed by atoms with Crippen LogP contribution >= 0.6 is 0 Å². The predicted octanol–water partition coefficient (Wildman–Crippen LogP) is 3.78. The number of benzene rings is 2. The van der Waals surface area contributed by atoms with Crippen LogP contribution in [-0.4, -0.2) is 31.9 Å². The van der Waals surface area contributed by atoms with Crippen LogP contribution in [0.15, 0.2) is 60.7 Å². The van der Waals surface area contributed by atoms with Gasteiger partial charge in [0.1, 0.15) is 0 Å². The summed E-state index contributed by atoms with van der Waals surface area (Å²) < 4.78 is 10.1. The van der Waals surface area contributed by atoms with Gasteiger partial charge in [0, 0.05) is 0 Å². The summed E-state index contributed by atoms with van der Waals surface area (Å²) in [5, 5.41) is 0. The van der Waals surface area contributed by atoms with E-state index in [2.05, 4.69) is 0 Å². The molecule has 1 saturated carbocycles. The highest BCUT2D eigenvalue weighted by Crippen LogP contribution is 2.71. The molecule has 0 spiro atoms. The fourth-order valence-corrected chi connectivity index (χ4v) is 5.64. The number of esters is 2. The summed E-state index contributed by atoms with van der Waals surface area (Å²) >= 11 is 0. The summed E-state index contributed by atoms with van der Waals surface area (Å²) in [4.78, 5) is 39.9. The van der Waals surface area contributed by atoms with Gasteiger partial charge in [-0.05, 0) is 36.1 Å². The number of carbonyl (C=O) groups excluding carboxylic acids is 3. The topological polar surface area (TPSA) is 69.7 Å². The zero-order valence-corrected chi connectivity index (χ0v) is 17.5. The molecular weight excluding hydrogens is 380 g/mol. The van der Waals surface area contributed by atoms with Crippen molar-refractivity contribution in [1.29, 1.82) is 0 Å². The van der Waals surface area contributed by atoms with Crippen molar-refractivity contribution in [2.45, 2.75) is 13.8 Å². The van der Waals surface area contributed by atoms with E-state index in [1.54, 1.807) is 13.8 Å². The van der Waals surface area contributed by atoms with Gasteiger partial charge in [-0.2, -0.15) is 0 Å². The van der Waals surface area contributed by atoms with Crippen LogP contribution in [0.1, 0.15) is 25.0 Å². The summed E-state index contributed by atoms with van der Waals surface area (Å²) in [6.07, 6.45) is 0. The third-order valence-electron chi connectivity index (χ3n) is 6.84. The lowest BCUT2D eigenvalue weighted by molar-refractivity contribution is -0.160.